The Morgan fingerprint density at radius 1 is 1.06 bits per heavy atom. The van der Waals surface area contributed by atoms with Gasteiger partial charge in [-0.3, -0.25) is 5.10 Å². The van der Waals surface area contributed by atoms with E-state index in [-0.39, 0.29) is 0 Å². The molecular formula is C14H22N4. The fourth-order valence-corrected chi connectivity index (χ4v) is 2.21. The average Bonchev–Trinajstić information content (AvgIpc) is 2.86. The van der Waals surface area contributed by atoms with Crippen LogP contribution in [0.3, 0.4) is 0 Å². The Hall–Kier alpha value is -1.55. The topological polar surface area (TPSA) is 35.2 Å². The van der Waals surface area contributed by atoms with E-state index in [1.807, 2.05) is 19.9 Å². The largest absolute Gasteiger partial charge is 0.352 e. The molecule has 1 aliphatic heterocycles. The van der Waals surface area contributed by atoms with E-state index in [2.05, 4.69) is 45.2 Å². The van der Waals surface area contributed by atoms with E-state index in [0.717, 1.165) is 37.5 Å². The molecule has 0 radical (unpaired) electrons. The lowest BCUT2D eigenvalue weighted by atomic mass is 10.2. The molecule has 4 nitrogen and oxygen atoms in total. The van der Waals surface area contributed by atoms with Gasteiger partial charge in [-0.1, -0.05) is 26.0 Å². The first-order chi connectivity index (χ1) is 8.84. The summed E-state index contributed by atoms with van der Waals surface area (Å²) in [6.45, 7) is 8.35. The third kappa shape index (κ3) is 2.48. The average molecular weight is 246 g/mol. The fraction of sp³-hybridized carbons (Fsp3) is 0.500. The van der Waals surface area contributed by atoms with E-state index in [1.54, 1.807) is 0 Å². The van der Waals surface area contributed by atoms with Crippen molar-refractivity contribution in [2.24, 2.45) is 0 Å². The van der Waals surface area contributed by atoms with Gasteiger partial charge in [0.2, 0.25) is 0 Å². The quantitative estimate of drug-likeness (QED) is 0.839. The molecule has 3 rings (SSSR count). The molecule has 1 aromatic carbocycles. The highest BCUT2D eigenvalue weighted by molar-refractivity contribution is 5.90. The second kappa shape index (κ2) is 5.87. The number of nitrogens with one attached hydrogen (secondary N) is 1. The summed E-state index contributed by atoms with van der Waals surface area (Å²) in [4.78, 5) is 4.71. The van der Waals surface area contributed by atoms with Crippen LogP contribution in [0.5, 0.6) is 0 Å². The number of piperazine rings is 1. The van der Waals surface area contributed by atoms with E-state index in [0.29, 0.717) is 0 Å². The number of hydrogen-bond donors (Lipinski definition) is 1. The van der Waals surface area contributed by atoms with Gasteiger partial charge in [-0.15, -0.1) is 0 Å². The summed E-state index contributed by atoms with van der Waals surface area (Å²) in [7, 11) is 2.17. The Kier molecular flexibility index (Phi) is 4.20. The van der Waals surface area contributed by atoms with E-state index < -0.39 is 0 Å². The third-order valence-corrected chi connectivity index (χ3v) is 3.25. The molecule has 1 fully saturated rings. The molecule has 0 unspecified atom stereocenters. The molecule has 0 aliphatic carbocycles. The maximum Gasteiger partial charge on any atom is 0.158 e. The van der Waals surface area contributed by atoms with Crippen LogP contribution in [0.15, 0.2) is 24.3 Å². The predicted molar refractivity (Wildman–Crippen MR) is 77.2 cm³/mol. The van der Waals surface area contributed by atoms with Crippen molar-refractivity contribution in [2.45, 2.75) is 13.8 Å². The third-order valence-electron chi connectivity index (χ3n) is 3.25. The Balaban J connectivity index is 0.000000574. The number of aromatic amines is 1. The van der Waals surface area contributed by atoms with Crippen LogP contribution < -0.4 is 4.90 Å². The van der Waals surface area contributed by atoms with Gasteiger partial charge in [-0.25, -0.2) is 0 Å². The molecule has 1 saturated heterocycles. The Bertz CT molecular complexity index is 483. The minimum Gasteiger partial charge on any atom is -0.352 e. The number of benzene rings is 1. The number of para-hydroxylation sites is 1. The van der Waals surface area contributed by atoms with Crippen LogP contribution in [0.2, 0.25) is 0 Å². The Morgan fingerprint density at radius 2 is 1.72 bits per heavy atom. The summed E-state index contributed by atoms with van der Waals surface area (Å²) in [5.74, 6) is 1.10. The van der Waals surface area contributed by atoms with Gasteiger partial charge in [0.05, 0.1) is 5.52 Å². The molecule has 1 aliphatic rings. The lowest BCUT2D eigenvalue weighted by Crippen LogP contribution is -2.44. The number of rotatable bonds is 1. The summed E-state index contributed by atoms with van der Waals surface area (Å²) < 4.78 is 0. The lowest BCUT2D eigenvalue weighted by Gasteiger charge is -2.32. The highest BCUT2D eigenvalue weighted by Gasteiger charge is 2.18. The zero-order chi connectivity index (χ0) is 13.0. The van der Waals surface area contributed by atoms with Crippen molar-refractivity contribution in [2.75, 3.05) is 38.1 Å². The molecule has 1 N–H and O–H groups in total. The van der Waals surface area contributed by atoms with Crippen molar-refractivity contribution < 1.29 is 0 Å². The number of likely N-dealkylation sites (N-methyl/N-ethyl adjacent to an activating group) is 1. The summed E-state index contributed by atoms with van der Waals surface area (Å²) in [5.41, 5.74) is 1.12. The molecule has 18 heavy (non-hydrogen) atoms. The van der Waals surface area contributed by atoms with Gasteiger partial charge in [-0.2, -0.15) is 5.10 Å². The molecule has 0 saturated carbocycles. The van der Waals surface area contributed by atoms with Crippen molar-refractivity contribution in [3.8, 4) is 0 Å². The van der Waals surface area contributed by atoms with E-state index in [9.17, 15) is 0 Å². The minimum absolute atomic E-state index is 1.06. The van der Waals surface area contributed by atoms with Crippen molar-refractivity contribution in [1.82, 2.24) is 15.1 Å². The first kappa shape index (κ1) is 12.9. The summed E-state index contributed by atoms with van der Waals surface area (Å²) in [6, 6.07) is 8.31. The molecule has 4 heteroatoms. The Morgan fingerprint density at radius 3 is 2.44 bits per heavy atom. The normalized spacial score (nSPS) is 16.5. The van der Waals surface area contributed by atoms with Crippen molar-refractivity contribution in [3.05, 3.63) is 24.3 Å². The van der Waals surface area contributed by atoms with Gasteiger partial charge >= 0.3 is 0 Å². The standard InChI is InChI=1S/C12H16N4.C2H6/c1-15-6-8-16(9-7-15)12-10-4-2-3-5-11(10)13-14-12;1-2/h2-5H,6-9H2,1H3,(H,13,14);1-2H3. The summed E-state index contributed by atoms with van der Waals surface area (Å²) in [5, 5.41) is 8.75. The lowest BCUT2D eigenvalue weighted by molar-refractivity contribution is 0.312. The van der Waals surface area contributed by atoms with Crippen LogP contribution in [-0.2, 0) is 0 Å². The summed E-state index contributed by atoms with van der Waals surface area (Å²) >= 11 is 0. The van der Waals surface area contributed by atoms with E-state index in [4.69, 9.17) is 0 Å². The van der Waals surface area contributed by atoms with Gasteiger partial charge in [0.15, 0.2) is 5.82 Å². The first-order valence-electron chi connectivity index (χ1n) is 6.71. The molecule has 0 bridgehead atoms. The van der Waals surface area contributed by atoms with E-state index >= 15 is 0 Å². The molecule has 0 amide bonds. The number of aromatic nitrogens is 2. The second-order valence-corrected chi connectivity index (χ2v) is 4.38. The van der Waals surface area contributed by atoms with Crippen molar-refractivity contribution in [3.63, 3.8) is 0 Å². The van der Waals surface area contributed by atoms with Crippen molar-refractivity contribution >= 4 is 16.7 Å². The number of H-pyrrole nitrogens is 1. The number of hydrogen-bond acceptors (Lipinski definition) is 3. The predicted octanol–water partition coefficient (Wildman–Crippen LogP) is 2.34. The maximum atomic E-state index is 4.43. The highest BCUT2D eigenvalue weighted by atomic mass is 15.3. The number of anilines is 1. The second-order valence-electron chi connectivity index (χ2n) is 4.38. The zero-order valence-electron chi connectivity index (χ0n) is 11.5. The molecule has 0 atom stereocenters. The fourth-order valence-electron chi connectivity index (χ4n) is 2.21. The van der Waals surface area contributed by atoms with Gasteiger partial charge in [0.25, 0.3) is 0 Å². The van der Waals surface area contributed by atoms with Crippen molar-refractivity contribution in [1.29, 1.82) is 0 Å². The van der Waals surface area contributed by atoms with Crippen LogP contribution in [0, 0.1) is 0 Å². The van der Waals surface area contributed by atoms with E-state index in [1.165, 1.54) is 5.39 Å². The molecule has 1 aromatic heterocycles. The molecule has 2 aromatic rings. The van der Waals surface area contributed by atoms with Crippen LogP contribution in [0.4, 0.5) is 5.82 Å². The minimum atomic E-state index is 1.06. The van der Waals surface area contributed by atoms with Gasteiger partial charge in [0.1, 0.15) is 0 Å². The van der Waals surface area contributed by atoms with Gasteiger partial charge < -0.3 is 9.80 Å². The number of nitrogens with zero attached hydrogens (tertiary/aromatic N) is 3. The molecule has 98 valence electrons. The number of fused-ring (bicyclic) bond motifs is 1. The van der Waals surface area contributed by atoms with Gasteiger partial charge in [0, 0.05) is 31.6 Å². The van der Waals surface area contributed by atoms with Crippen LogP contribution in [0.25, 0.3) is 10.9 Å². The molecule has 2 heterocycles. The summed E-state index contributed by atoms with van der Waals surface area (Å²) in [6.07, 6.45) is 0. The Labute approximate surface area is 109 Å². The van der Waals surface area contributed by atoms with Gasteiger partial charge in [-0.05, 0) is 19.2 Å². The van der Waals surface area contributed by atoms with Crippen LogP contribution >= 0.6 is 0 Å². The monoisotopic (exact) mass is 246 g/mol. The zero-order valence-corrected chi connectivity index (χ0v) is 11.5. The first-order valence-corrected chi connectivity index (χ1v) is 6.71. The molecular weight excluding hydrogens is 224 g/mol. The van der Waals surface area contributed by atoms with Crippen LogP contribution in [0.1, 0.15) is 13.8 Å². The highest BCUT2D eigenvalue weighted by Crippen LogP contribution is 2.24. The van der Waals surface area contributed by atoms with Crippen LogP contribution in [-0.4, -0.2) is 48.3 Å². The molecule has 0 spiro atoms. The smallest absolute Gasteiger partial charge is 0.158 e. The SMILES string of the molecule is CC.CN1CCN(c2n[nH]c3ccccc23)CC1. The maximum absolute atomic E-state index is 4.43.